The number of amides is 1. The van der Waals surface area contributed by atoms with Gasteiger partial charge in [-0.2, -0.15) is 0 Å². The van der Waals surface area contributed by atoms with Gasteiger partial charge in [-0.1, -0.05) is 18.2 Å². The average molecular weight is 291 g/mol. The fourth-order valence-corrected chi connectivity index (χ4v) is 2.50. The van der Waals surface area contributed by atoms with E-state index < -0.39 is 0 Å². The summed E-state index contributed by atoms with van der Waals surface area (Å²) in [5.41, 5.74) is 4.06. The van der Waals surface area contributed by atoms with Crippen LogP contribution in [0.15, 0.2) is 53.2 Å². The third kappa shape index (κ3) is 2.03. The van der Waals surface area contributed by atoms with Gasteiger partial charge in [0.2, 0.25) is 0 Å². The molecule has 0 unspecified atom stereocenters. The van der Waals surface area contributed by atoms with E-state index in [1.54, 1.807) is 12.4 Å². The predicted octanol–water partition coefficient (Wildman–Crippen LogP) is 3.87. The van der Waals surface area contributed by atoms with E-state index in [9.17, 15) is 4.79 Å². The van der Waals surface area contributed by atoms with Crippen LogP contribution in [0.25, 0.3) is 22.0 Å². The first-order valence-electron chi connectivity index (χ1n) is 6.94. The summed E-state index contributed by atoms with van der Waals surface area (Å²) in [5.74, 6) is -0.00232. The fourth-order valence-electron chi connectivity index (χ4n) is 2.50. The second-order valence-electron chi connectivity index (χ2n) is 5.21. The zero-order chi connectivity index (χ0) is 15.1. The highest BCUT2D eigenvalue weighted by Gasteiger charge is 2.14. The average Bonchev–Trinajstić information content (AvgIpc) is 3.13. The number of carbonyl (C=O) groups is 1. The molecule has 0 bridgehead atoms. The van der Waals surface area contributed by atoms with Crippen LogP contribution in [0, 0.1) is 6.92 Å². The van der Waals surface area contributed by atoms with E-state index >= 15 is 0 Å². The molecule has 0 aliphatic heterocycles. The van der Waals surface area contributed by atoms with Crippen molar-refractivity contribution in [3.8, 4) is 0 Å². The molecule has 0 saturated heterocycles. The molecule has 22 heavy (non-hydrogen) atoms. The standard InChI is InChI=1S/C17H13N3O2/c1-10-5-6-11-8-15(22-14(11)7-10)17(21)20-13-4-2-3-12-16(13)19-9-18-12/h2-9H,1H3,(H,18,19)(H,20,21). The molecule has 0 saturated carbocycles. The van der Waals surface area contributed by atoms with Crippen molar-refractivity contribution >= 4 is 33.6 Å². The van der Waals surface area contributed by atoms with E-state index in [1.807, 2.05) is 43.3 Å². The lowest BCUT2D eigenvalue weighted by Gasteiger charge is -2.03. The number of carbonyl (C=O) groups excluding carboxylic acids is 1. The Morgan fingerprint density at radius 3 is 3.05 bits per heavy atom. The number of fused-ring (bicyclic) bond motifs is 2. The SMILES string of the molecule is Cc1ccc2cc(C(=O)Nc3cccc4[nH]cnc34)oc2c1. The summed E-state index contributed by atoms with van der Waals surface area (Å²) in [4.78, 5) is 19.6. The fraction of sp³-hybridized carbons (Fsp3) is 0.0588. The van der Waals surface area contributed by atoms with Crippen molar-refractivity contribution in [3.05, 3.63) is 60.1 Å². The van der Waals surface area contributed by atoms with Gasteiger partial charge in [-0.05, 0) is 36.8 Å². The number of imidazole rings is 1. The topological polar surface area (TPSA) is 70.9 Å². The summed E-state index contributed by atoms with van der Waals surface area (Å²) in [6, 6.07) is 13.2. The monoisotopic (exact) mass is 291 g/mol. The number of para-hydroxylation sites is 1. The Balaban J connectivity index is 1.70. The number of aromatic amines is 1. The molecule has 0 aliphatic carbocycles. The van der Waals surface area contributed by atoms with E-state index in [4.69, 9.17) is 4.42 Å². The zero-order valence-corrected chi connectivity index (χ0v) is 11.9. The lowest BCUT2D eigenvalue weighted by Crippen LogP contribution is -2.11. The van der Waals surface area contributed by atoms with Crippen molar-refractivity contribution in [3.63, 3.8) is 0 Å². The summed E-state index contributed by atoms with van der Waals surface area (Å²) >= 11 is 0. The van der Waals surface area contributed by atoms with Crippen molar-refractivity contribution in [1.29, 1.82) is 0 Å². The van der Waals surface area contributed by atoms with Crippen molar-refractivity contribution < 1.29 is 9.21 Å². The maximum absolute atomic E-state index is 12.4. The van der Waals surface area contributed by atoms with Crippen LogP contribution in [-0.2, 0) is 0 Å². The largest absolute Gasteiger partial charge is 0.451 e. The van der Waals surface area contributed by atoms with Crippen LogP contribution in [-0.4, -0.2) is 15.9 Å². The number of aryl methyl sites for hydroxylation is 1. The molecule has 1 amide bonds. The third-order valence-corrected chi connectivity index (χ3v) is 3.60. The smallest absolute Gasteiger partial charge is 0.291 e. The zero-order valence-electron chi connectivity index (χ0n) is 11.9. The van der Waals surface area contributed by atoms with Crippen molar-refractivity contribution in [2.75, 3.05) is 5.32 Å². The number of anilines is 1. The number of aromatic nitrogens is 2. The van der Waals surface area contributed by atoms with Crippen LogP contribution in [0.1, 0.15) is 16.1 Å². The van der Waals surface area contributed by atoms with Gasteiger partial charge in [0.1, 0.15) is 11.1 Å². The number of hydrogen-bond acceptors (Lipinski definition) is 3. The first kappa shape index (κ1) is 12.6. The Kier molecular flexibility index (Phi) is 2.72. The number of rotatable bonds is 2. The van der Waals surface area contributed by atoms with Crippen LogP contribution in [0.5, 0.6) is 0 Å². The van der Waals surface area contributed by atoms with Crippen LogP contribution >= 0.6 is 0 Å². The summed E-state index contributed by atoms with van der Waals surface area (Å²) in [6.07, 6.45) is 1.60. The number of hydrogen-bond donors (Lipinski definition) is 2. The summed E-state index contributed by atoms with van der Waals surface area (Å²) in [7, 11) is 0. The van der Waals surface area contributed by atoms with Crippen LogP contribution in [0.4, 0.5) is 5.69 Å². The van der Waals surface area contributed by atoms with Crippen LogP contribution < -0.4 is 5.32 Å². The highest BCUT2D eigenvalue weighted by molar-refractivity contribution is 6.08. The molecule has 0 aliphatic rings. The van der Waals surface area contributed by atoms with Crippen molar-refractivity contribution in [2.24, 2.45) is 0 Å². The molecule has 4 rings (SSSR count). The second kappa shape index (κ2) is 4.73. The van der Waals surface area contributed by atoms with Gasteiger partial charge in [0, 0.05) is 5.39 Å². The molecule has 4 aromatic rings. The summed E-state index contributed by atoms with van der Waals surface area (Å²) < 4.78 is 5.64. The summed E-state index contributed by atoms with van der Waals surface area (Å²) in [6.45, 7) is 1.99. The highest BCUT2D eigenvalue weighted by atomic mass is 16.3. The van der Waals surface area contributed by atoms with Gasteiger partial charge in [-0.25, -0.2) is 4.98 Å². The molecule has 0 spiro atoms. The van der Waals surface area contributed by atoms with Gasteiger partial charge in [0.05, 0.1) is 17.5 Å². The maximum Gasteiger partial charge on any atom is 0.291 e. The predicted molar refractivity (Wildman–Crippen MR) is 85.0 cm³/mol. The van der Waals surface area contributed by atoms with E-state index in [-0.39, 0.29) is 11.7 Å². The van der Waals surface area contributed by atoms with Crippen LogP contribution in [0.2, 0.25) is 0 Å². The number of furan rings is 1. The molecule has 0 atom stereocenters. The molecule has 5 nitrogen and oxygen atoms in total. The molecule has 5 heteroatoms. The maximum atomic E-state index is 12.4. The minimum absolute atomic E-state index is 0.285. The molecular weight excluding hydrogens is 278 g/mol. The minimum atomic E-state index is -0.288. The lowest BCUT2D eigenvalue weighted by atomic mass is 10.2. The van der Waals surface area contributed by atoms with Crippen molar-refractivity contribution in [1.82, 2.24) is 9.97 Å². The van der Waals surface area contributed by atoms with Gasteiger partial charge in [-0.15, -0.1) is 0 Å². The second-order valence-corrected chi connectivity index (χ2v) is 5.21. The number of benzene rings is 2. The van der Waals surface area contributed by atoms with Gasteiger partial charge < -0.3 is 14.7 Å². The van der Waals surface area contributed by atoms with E-state index in [0.717, 1.165) is 22.0 Å². The van der Waals surface area contributed by atoms with E-state index in [1.165, 1.54) is 0 Å². The van der Waals surface area contributed by atoms with Gasteiger partial charge in [-0.3, -0.25) is 4.79 Å². The van der Waals surface area contributed by atoms with E-state index in [0.29, 0.717) is 11.3 Å². The molecule has 2 aromatic carbocycles. The number of H-pyrrole nitrogens is 1. The van der Waals surface area contributed by atoms with Gasteiger partial charge >= 0.3 is 0 Å². The number of nitrogens with zero attached hydrogens (tertiary/aromatic N) is 1. The molecule has 2 aromatic heterocycles. The van der Waals surface area contributed by atoms with E-state index in [2.05, 4.69) is 15.3 Å². The Morgan fingerprint density at radius 2 is 2.14 bits per heavy atom. The molecule has 108 valence electrons. The molecular formula is C17H13N3O2. The van der Waals surface area contributed by atoms with Crippen molar-refractivity contribution in [2.45, 2.75) is 6.92 Å². The molecule has 2 N–H and O–H groups in total. The molecule has 0 fully saturated rings. The highest BCUT2D eigenvalue weighted by Crippen LogP contribution is 2.23. The Labute approximate surface area is 126 Å². The number of nitrogens with one attached hydrogen (secondary N) is 2. The summed E-state index contributed by atoms with van der Waals surface area (Å²) in [5, 5.41) is 3.76. The Hall–Kier alpha value is -3.08. The van der Waals surface area contributed by atoms with Gasteiger partial charge in [0.25, 0.3) is 5.91 Å². The van der Waals surface area contributed by atoms with Gasteiger partial charge in [0.15, 0.2) is 5.76 Å². The van der Waals surface area contributed by atoms with Crippen LogP contribution in [0.3, 0.4) is 0 Å². The third-order valence-electron chi connectivity index (χ3n) is 3.60. The normalized spacial score (nSPS) is 11.1. The molecule has 2 heterocycles. The first-order chi connectivity index (χ1) is 10.7. The first-order valence-corrected chi connectivity index (χ1v) is 6.94. The minimum Gasteiger partial charge on any atom is -0.451 e. The Bertz CT molecular complexity index is 997. The lowest BCUT2D eigenvalue weighted by molar-refractivity contribution is 0.0999. The quantitative estimate of drug-likeness (QED) is 0.589. The Morgan fingerprint density at radius 1 is 1.23 bits per heavy atom. The molecule has 0 radical (unpaired) electrons.